The summed E-state index contributed by atoms with van der Waals surface area (Å²) in [7, 11) is 0. The van der Waals surface area contributed by atoms with Gasteiger partial charge < -0.3 is 4.90 Å². The zero-order chi connectivity index (χ0) is 38.2. The standard InChI is InChI=1S/C54H35N3S/c1-4-18-36(19-5-1)38-34-46(37-20-6-2-7-21-37)55-51(35-38)57-47-28-14-10-24-40(47)41-32-33-45-53(52(41)57)58-50-31-17-13-27-44(50)54(45)42-25-11-15-29-48(42)56(39-22-8-3-9-23-39)49-30-16-12-26-43(49)54/h1-35H. The third-order valence-corrected chi connectivity index (χ3v) is 13.2. The lowest BCUT2D eigenvalue weighted by Gasteiger charge is -2.49. The van der Waals surface area contributed by atoms with Gasteiger partial charge in [0, 0.05) is 31.8 Å². The number of hydrogen-bond donors (Lipinski definition) is 0. The summed E-state index contributed by atoms with van der Waals surface area (Å²) in [6.45, 7) is 0. The summed E-state index contributed by atoms with van der Waals surface area (Å²) in [5, 5.41) is 2.43. The summed E-state index contributed by atoms with van der Waals surface area (Å²) >= 11 is 1.89. The van der Waals surface area contributed by atoms with E-state index in [1.165, 1.54) is 59.7 Å². The first-order valence-electron chi connectivity index (χ1n) is 19.8. The zero-order valence-electron chi connectivity index (χ0n) is 31.5. The molecule has 4 heteroatoms. The number of fused-ring (bicyclic) bond motifs is 12. The van der Waals surface area contributed by atoms with E-state index >= 15 is 0 Å². The minimum atomic E-state index is -0.598. The number of aromatic nitrogens is 2. The Morgan fingerprint density at radius 1 is 0.431 bits per heavy atom. The molecular formula is C54H35N3S. The van der Waals surface area contributed by atoms with Gasteiger partial charge >= 0.3 is 0 Å². The van der Waals surface area contributed by atoms with Crippen molar-refractivity contribution >= 4 is 50.6 Å². The highest BCUT2D eigenvalue weighted by molar-refractivity contribution is 7.99. The largest absolute Gasteiger partial charge is 0.310 e. The summed E-state index contributed by atoms with van der Waals surface area (Å²) in [5.41, 5.74) is 14.7. The van der Waals surface area contributed by atoms with Crippen molar-refractivity contribution < 1.29 is 0 Å². The molecule has 4 heterocycles. The van der Waals surface area contributed by atoms with Crippen LogP contribution in [0.5, 0.6) is 0 Å². The molecule has 3 nitrogen and oxygen atoms in total. The van der Waals surface area contributed by atoms with Crippen LogP contribution in [0.2, 0.25) is 0 Å². The first kappa shape index (κ1) is 33.0. The van der Waals surface area contributed by atoms with Crippen molar-refractivity contribution in [1.82, 2.24) is 9.55 Å². The number of benzene rings is 8. The van der Waals surface area contributed by atoms with E-state index in [1.54, 1.807) is 0 Å². The number of rotatable bonds is 4. The van der Waals surface area contributed by atoms with Crippen molar-refractivity contribution in [2.24, 2.45) is 0 Å². The molecule has 1 spiro atoms. The van der Waals surface area contributed by atoms with Crippen LogP contribution in [0.3, 0.4) is 0 Å². The van der Waals surface area contributed by atoms with Gasteiger partial charge in [0.2, 0.25) is 0 Å². The van der Waals surface area contributed by atoms with Crippen LogP contribution in [0.1, 0.15) is 22.3 Å². The first-order valence-corrected chi connectivity index (χ1v) is 20.6. The lowest BCUT2D eigenvalue weighted by Crippen LogP contribution is -2.39. The smallest absolute Gasteiger partial charge is 0.138 e. The van der Waals surface area contributed by atoms with Gasteiger partial charge in [-0.05, 0) is 81.9 Å². The number of anilines is 3. The molecule has 0 radical (unpaired) electrons. The molecule has 10 aromatic rings. The molecule has 0 bridgehead atoms. The maximum Gasteiger partial charge on any atom is 0.138 e. The molecule has 8 aromatic carbocycles. The van der Waals surface area contributed by atoms with E-state index in [2.05, 4.69) is 222 Å². The molecular weight excluding hydrogens is 723 g/mol. The van der Waals surface area contributed by atoms with Crippen LogP contribution < -0.4 is 4.90 Å². The Bertz CT molecular complexity index is 3100. The number of para-hydroxylation sites is 4. The Hall–Kier alpha value is -7.14. The Labute approximate surface area is 341 Å². The third-order valence-electron chi connectivity index (χ3n) is 12.0. The highest BCUT2D eigenvalue weighted by atomic mass is 32.2. The fourth-order valence-corrected chi connectivity index (χ4v) is 11.0. The van der Waals surface area contributed by atoms with Crippen LogP contribution in [0.4, 0.5) is 17.1 Å². The summed E-state index contributed by atoms with van der Waals surface area (Å²) in [6, 6.07) is 77.3. The minimum absolute atomic E-state index is 0.598. The quantitative estimate of drug-likeness (QED) is 0.178. The Morgan fingerprint density at radius 3 is 1.74 bits per heavy atom. The van der Waals surface area contributed by atoms with Gasteiger partial charge in [-0.25, -0.2) is 4.98 Å². The summed E-state index contributed by atoms with van der Waals surface area (Å²) in [6.07, 6.45) is 0. The highest BCUT2D eigenvalue weighted by Crippen LogP contribution is 2.64. The van der Waals surface area contributed by atoms with Crippen molar-refractivity contribution in [3.63, 3.8) is 0 Å². The Balaban J connectivity index is 1.22. The molecule has 58 heavy (non-hydrogen) atoms. The molecule has 0 saturated heterocycles. The number of pyridine rings is 1. The first-order chi connectivity index (χ1) is 28.8. The average Bonchev–Trinajstić information content (AvgIpc) is 3.65. The van der Waals surface area contributed by atoms with Crippen molar-refractivity contribution in [2.75, 3.05) is 4.90 Å². The van der Waals surface area contributed by atoms with Gasteiger partial charge in [-0.1, -0.05) is 176 Å². The van der Waals surface area contributed by atoms with Gasteiger partial charge in [0.1, 0.15) is 5.82 Å². The van der Waals surface area contributed by atoms with Gasteiger partial charge in [-0.15, -0.1) is 0 Å². The molecule has 0 atom stereocenters. The van der Waals surface area contributed by atoms with E-state index in [9.17, 15) is 0 Å². The fraction of sp³-hybridized carbons (Fsp3) is 0.0185. The Morgan fingerprint density at radius 2 is 1.02 bits per heavy atom. The van der Waals surface area contributed by atoms with Crippen LogP contribution in [0, 0.1) is 0 Å². The van der Waals surface area contributed by atoms with Crippen LogP contribution in [-0.4, -0.2) is 9.55 Å². The van der Waals surface area contributed by atoms with E-state index in [-0.39, 0.29) is 0 Å². The van der Waals surface area contributed by atoms with E-state index in [1.807, 2.05) is 11.8 Å². The summed E-state index contributed by atoms with van der Waals surface area (Å²) in [4.78, 5) is 10.5. The van der Waals surface area contributed by atoms with Gasteiger partial charge in [-0.2, -0.15) is 0 Å². The molecule has 0 N–H and O–H groups in total. The zero-order valence-corrected chi connectivity index (χ0v) is 32.3. The fourth-order valence-electron chi connectivity index (χ4n) is 9.65. The van der Waals surface area contributed by atoms with Gasteiger partial charge in [0.05, 0.1) is 33.5 Å². The maximum absolute atomic E-state index is 5.53. The van der Waals surface area contributed by atoms with Gasteiger partial charge in [0.25, 0.3) is 0 Å². The van der Waals surface area contributed by atoms with E-state index in [0.717, 1.165) is 39.4 Å². The number of nitrogens with zero attached hydrogens (tertiary/aromatic N) is 3. The molecule has 2 aromatic heterocycles. The molecule has 272 valence electrons. The summed E-state index contributed by atoms with van der Waals surface area (Å²) < 4.78 is 2.44. The summed E-state index contributed by atoms with van der Waals surface area (Å²) in [5.74, 6) is 0.896. The van der Waals surface area contributed by atoms with Crippen LogP contribution in [-0.2, 0) is 5.41 Å². The lowest BCUT2D eigenvalue weighted by molar-refractivity contribution is 0.693. The normalized spacial score (nSPS) is 13.6. The average molecular weight is 758 g/mol. The highest BCUT2D eigenvalue weighted by Gasteiger charge is 2.51. The molecule has 0 saturated carbocycles. The van der Waals surface area contributed by atoms with Gasteiger partial charge in [0.15, 0.2) is 0 Å². The third kappa shape index (κ3) is 4.73. The van der Waals surface area contributed by atoms with Gasteiger partial charge in [-0.3, -0.25) is 4.57 Å². The molecule has 0 amide bonds. The second-order valence-electron chi connectivity index (χ2n) is 15.1. The molecule has 2 aliphatic rings. The van der Waals surface area contributed by atoms with Crippen molar-refractivity contribution in [3.8, 4) is 28.2 Å². The predicted molar refractivity (Wildman–Crippen MR) is 240 cm³/mol. The van der Waals surface area contributed by atoms with Crippen molar-refractivity contribution in [2.45, 2.75) is 15.2 Å². The molecule has 0 aliphatic carbocycles. The van der Waals surface area contributed by atoms with E-state index < -0.39 is 5.41 Å². The predicted octanol–water partition coefficient (Wildman–Crippen LogP) is 14.1. The van der Waals surface area contributed by atoms with E-state index in [4.69, 9.17) is 4.98 Å². The SMILES string of the molecule is c1ccc(-c2cc(-c3ccccc3)nc(-n3c4ccccc4c4ccc5c(c43)Sc3ccccc3C53c4ccccc4N(c4ccccc4)c4ccccc43)c2)cc1. The van der Waals surface area contributed by atoms with E-state index in [0.29, 0.717) is 0 Å². The van der Waals surface area contributed by atoms with Crippen LogP contribution in [0.15, 0.2) is 222 Å². The lowest BCUT2D eigenvalue weighted by atomic mass is 9.62. The second kappa shape index (κ2) is 13.0. The van der Waals surface area contributed by atoms with Crippen molar-refractivity contribution in [1.29, 1.82) is 0 Å². The number of hydrogen-bond acceptors (Lipinski definition) is 3. The Kier molecular flexibility index (Phi) is 7.38. The maximum atomic E-state index is 5.53. The monoisotopic (exact) mass is 757 g/mol. The molecule has 12 rings (SSSR count). The molecule has 0 fully saturated rings. The van der Waals surface area contributed by atoms with Crippen LogP contribution in [0.25, 0.3) is 50.0 Å². The molecule has 0 unspecified atom stereocenters. The van der Waals surface area contributed by atoms with Crippen LogP contribution >= 0.6 is 11.8 Å². The minimum Gasteiger partial charge on any atom is -0.310 e. The second-order valence-corrected chi connectivity index (χ2v) is 16.1. The topological polar surface area (TPSA) is 21.1 Å². The van der Waals surface area contributed by atoms with Crippen molar-refractivity contribution in [3.05, 3.63) is 235 Å². The molecule has 2 aliphatic heterocycles.